The van der Waals surface area contributed by atoms with Gasteiger partial charge in [0.1, 0.15) is 29.7 Å². The van der Waals surface area contributed by atoms with E-state index in [1.54, 1.807) is 31.6 Å². The Morgan fingerprint density at radius 3 is 2.74 bits per heavy atom. The topological polar surface area (TPSA) is 61.1 Å². The van der Waals surface area contributed by atoms with E-state index in [-0.39, 0.29) is 11.5 Å². The number of ether oxygens (including phenoxy) is 3. The highest BCUT2D eigenvalue weighted by Crippen LogP contribution is 2.43. The van der Waals surface area contributed by atoms with E-state index in [1.807, 2.05) is 25.1 Å². The molecule has 0 spiro atoms. The van der Waals surface area contributed by atoms with Crippen LogP contribution in [0.15, 0.2) is 58.9 Å². The highest BCUT2D eigenvalue weighted by molar-refractivity contribution is 6.15. The fourth-order valence-corrected chi connectivity index (χ4v) is 4.02. The predicted octanol–water partition coefficient (Wildman–Crippen LogP) is 4.61. The van der Waals surface area contributed by atoms with Crippen LogP contribution in [0.2, 0.25) is 0 Å². The Morgan fingerprint density at radius 2 is 2.00 bits per heavy atom. The van der Waals surface area contributed by atoms with Crippen molar-refractivity contribution in [2.45, 2.75) is 19.9 Å². The lowest BCUT2D eigenvalue weighted by molar-refractivity contribution is 0.0954. The number of nitrogens with zero attached hydrogens (tertiary/aromatic N) is 1. The number of furan rings is 1. The summed E-state index contributed by atoms with van der Waals surface area (Å²) in [5, 5.41) is 0. The molecule has 0 saturated heterocycles. The van der Waals surface area contributed by atoms with Gasteiger partial charge in [-0.2, -0.15) is 0 Å². The minimum Gasteiger partial charge on any atom is -0.497 e. The van der Waals surface area contributed by atoms with Crippen LogP contribution in [0.4, 0.5) is 0 Å². The van der Waals surface area contributed by atoms with Gasteiger partial charge in [0.15, 0.2) is 5.76 Å². The summed E-state index contributed by atoms with van der Waals surface area (Å²) >= 11 is 0. The molecule has 0 saturated carbocycles. The quantitative estimate of drug-likeness (QED) is 0.565. The summed E-state index contributed by atoms with van der Waals surface area (Å²) < 4.78 is 22.5. The first kappa shape index (κ1) is 19.5. The molecule has 5 rings (SSSR count). The normalized spacial score (nSPS) is 16.6. The van der Waals surface area contributed by atoms with Crippen molar-refractivity contribution in [3.05, 3.63) is 82.5 Å². The number of allylic oxidation sites excluding steroid dienone is 1. The lowest BCUT2D eigenvalue weighted by atomic mass is 10.00. The first-order valence-corrected chi connectivity index (χ1v) is 10.2. The Bertz CT molecular complexity index is 1150. The number of carbonyl (C=O) groups is 1. The largest absolute Gasteiger partial charge is 0.497 e. The number of ketones is 1. The molecule has 0 amide bonds. The zero-order chi connectivity index (χ0) is 21.4. The van der Waals surface area contributed by atoms with Gasteiger partial charge in [-0.05, 0) is 49.2 Å². The average Bonchev–Trinajstić information content (AvgIpc) is 3.42. The highest BCUT2D eigenvalue weighted by Gasteiger charge is 2.33. The molecule has 6 heteroatoms. The number of rotatable bonds is 5. The van der Waals surface area contributed by atoms with Gasteiger partial charge in [-0.1, -0.05) is 12.1 Å². The molecule has 3 heterocycles. The van der Waals surface area contributed by atoms with Crippen molar-refractivity contribution < 1.29 is 23.4 Å². The number of methoxy groups -OCH3 is 1. The first-order valence-electron chi connectivity index (χ1n) is 10.2. The molecule has 0 bridgehead atoms. The predicted molar refractivity (Wildman–Crippen MR) is 115 cm³/mol. The molecule has 0 aliphatic carbocycles. The van der Waals surface area contributed by atoms with Gasteiger partial charge in [-0.15, -0.1) is 0 Å². The van der Waals surface area contributed by atoms with E-state index in [4.69, 9.17) is 18.6 Å². The van der Waals surface area contributed by atoms with Crippen LogP contribution < -0.4 is 14.2 Å². The Balaban J connectivity index is 1.33. The number of hydrogen-bond acceptors (Lipinski definition) is 6. The van der Waals surface area contributed by atoms with Gasteiger partial charge in [-0.25, -0.2) is 0 Å². The summed E-state index contributed by atoms with van der Waals surface area (Å²) in [4.78, 5) is 15.1. The zero-order valence-corrected chi connectivity index (χ0v) is 17.5. The first-order chi connectivity index (χ1) is 15.1. The van der Waals surface area contributed by atoms with Crippen LogP contribution >= 0.6 is 0 Å². The molecule has 0 fully saturated rings. The van der Waals surface area contributed by atoms with E-state index >= 15 is 0 Å². The third kappa shape index (κ3) is 3.70. The Morgan fingerprint density at radius 1 is 1.16 bits per heavy atom. The number of benzene rings is 2. The summed E-state index contributed by atoms with van der Waals surface area (Å²) in [5.41, 5.74) is 3.69. The maximum atomic E-state index is 12.9. The van der Waals surface area contributed by atoms with Gasteiger partial charge < -0.3 is 18.6 Å². The molecule has 31 heavy (non-hydrogen) atoms. The zero-order valence-electron chi connectivity index (χ0n) is 17.5. The number of carbonyl (C=O) groups excluding carboxylic acids is 1. The van der Waals surface area contributed by atoms with Crippen molar-refractivity contribution in [2.75, 3.05) is 20.4 Å². The molecule has 2 aliphatic heterocycles. The molecule has 1 aromatic heterocycles. The fourth-order valence-electron chi connectivity index (χ4n) is 4.02. The summed E-state index contributed by atoms with van der Waals surface area (Å²) in [6.07, 6.45) is 4.10. The SMILES string of the molecule is COc1ccc(CCN2COc3c(cc4c(c3C)O/C(=C\c3ccco3)C4=O)C2)cc1. The molecule has 3 aromatic rings. The van der Waals surface area contributed by atoms with Gasteiger partial charge in [0.25, 0.3) is 0 Å². The van der Waals surface area contributed by atoms with Crippen LogP contribution in [-0.2, 0) is 13.0 Å². The van der Waals surface area contributed by atoms with E-state index in [0.717, 1.165) is 42.1 Å². The van der Waals surface area contributed by atoms with Crippen molar-refractivity contribution in [3.63, 3.8) is 0 Å². The van der Waals surface area contributed by atoms with Crippen molar-refractivity contribution in [1.29, 1.82) is 0 Å². The standard InChI is InChI=1S/C25H23NO5/c1-16-24-18(12-21-23(27)22(31-25(16)21)13-20-4-3-11-29-20)14-26(15-30-24)10-9-17-5-7-19(28-2)8-6-17/h3-8,11-13H,9-10,14-15H2,1-2H3/b22-13-. The minimum atomic E-state index is -0.132. The fraction of sp³-hybridized carbons (Fsp3) is 0.240. The van der Waals surface area contributed by atoms with Crippen molar-refractivity contribution >= 4 is 11.9 Å². The van der Waals surface area contributed by atoms with Crippen LogP contribution in [0.3, 0.4) is 0 Å². The van der Waals surface area contributed by atoms with Gasteiger partial charge in [0, 0.05) is 30.3 Å². The second kappa shape index (κ2) is 7.96. The van der Waals surface area contributed by atoms with Gasteiger partial charge in [-0.3, -0.25) is 9.69 Å². The van der Waals surface area contributed by atoms with Crippen LogP contribution in [-0.4, -0.2) is 31.1 Å². The molecular weight excluding hydrogens is 394 g/mol. The van der Waals surface area contributed by atoms with E-state index in [0.29, 0.717) is 23.8 Å². The van der Waals surface area contributed by atoms with E-state index in [9.17, 15) is 4.79 Å². The van der Waals surface area contributed by atoms with Crippen LogP contribution in [0.1, 0.15) is 32.8 Å². The van der Waals surface area contributed by atoms with Gasteiger partial charge in [0.2, 0.25) is 5.78 Å². The van der Waals surface area contributed by atoms with Crippen molar-refractivity contribution in [1.82, 2.24) is 4.90 Å². The molecule has 158 valence electrons. The van der Waals surface area contributed by atoms with E-state index in [2.05, 4.69) is 17.0 Å². The van der Waals surface area contributed by atoms with Crippen LogP contribution in [0.25, 0.3) is 6.08 Å². The molecule has 0 radical (unpaired) electrons. The second-order valence-electron chi connectivity index (χ2n) is 7.75. The van der Waals surface area contributed by atoms with E-state index < -0.39 is 0 Å². The second-order valence-corrected chi connectivity index (χ2v) is 7.75. The third-order valence-electron chi connectivity index (χ3n) is 5.69. The summed E-state index contributed by atoms with van der Waals surface area (Å²) in [5.74, 6) is 2.97. The van der Waals surface area contributed by atoms with Crippen LogP contribution in [0, 0.1) is 6.92 Å². The molecule has 2 aromatic carbocycles. The minimum absolute atomic E-state index is 0.132. The third-order valence-corrected chi connectivity index (χ3v) is 5.69. The Kier molecular flexibility index (Phi) is 5.00. The monoisotopic (exact) mass is 417 g/mol. The smallest absolute Gasteiger partial charge is 0.232 e. The molecule has 2 aliphatic rings. The van der Waals surface area contributed by atoms with Crippen LogP contribution in [0.5, 0.6) is 17.2 Å². The van der Waals surface area contributed by atoms with Gasteiger partial charge in [0.05, 0.1) is 18.9 Å². The maximum absolute atomic E-state index is 12.9. The molecule has 6 nitrogen and oxygen atoms in total. The lowest BCUT2D eigenvalue weighted by Crippen LogP contribution is -2.34. The van der Waals surface area contributed by atoms with E-state index in [1.165, 1.54) is 5.56 Å². The lowest BCUT2D eigenvalue weighted by Gasteiger charge is -2.30. The molecule has 0 unspecified atom stereocenters. The highest BCUT2D eigenvalue weighted by atomic mass is 16.5. The van der Waals surface area contributed by atoms with Gasteiger partial charge >= 0.3 is 0 Å². The number of fused-ring (bicyclic) bond motifs is 2. The Hall–Kier alpha value is -3.51. The Labute approximate surface area is 180 Å². The molecule has 0 atom stereocenters. The summed E-state index contributed by atoms with van der Waals surface area (Å²) in [6, 6.07) is 13.6. The summed E-state index contributed by atoms with van der Waals surface area (Å²) in [7, 11) is 1.67. The van der Waals surface area contributed by atoms with Crippen molar-refractivity contribution in [2.24, 2.45) is 0 Å². The van der Waals surface area contributed by atoms with Crippen molar-refractivity contribution in [3.8, 4) is 17.2 Å². The maximum Gasteiger partial charge on any atom is 0.232 e. The molecule has 0 N–H and O–H groups in total. The summed E-state index contributed by atoms with van der Waals surface area (Å²) in [6.45, 7) is 4.03. The average molecular weight is 417 g/mol. The number of Topliss-reactive ketones (excluding diaryl/α,β-unsaturated/α-hetero) is 1. The molecular formula is C25H23NO5. The number of hydrogen-bond donors (Lipinski definition) is 0.